The number of hydrogen-bond acceptors (Lipinski definition) is 4. The van der Waals surface area contributed by atoms with Gasteiger partial charge >= 0.3 is 0 Å². The molecule has 1 aromatic heterocycles. The van der Waals surface area contributed by atoms with E-state index in [-0.39, 0.29) is 0 Å². The Hall–Kier alpha value is -10.0. The lowest BCUT2D eigenvalue weighted by Crippen LogP contribution is -2.16. The molecule has 0 unspecified atom stereocenters. The highest BCUT2D eigenvalue weighted by molar-refractivity contribution is 7.25. The van der Waals surface area contributed by atoms with Crippen LogP contribution in [0.2, 0.25) is 0 Å². The Morgan fingerprint density at radius 2 is 0.551 bits per heavy atom. The summed E-state index contributed by atoms with van der Waals surface area (Å²) >= 11 is 1.85. The smallest absolute Gasteiger partial charge is 0.0540 e. The zero-order chi connectivity index (χ0) is 51.8. The van der Waals surface area contributed by atoms with Crippen molar-refractivity contribution in [2.24, 2.45) is 0 Å². The van der Waals surface area contributed by atoms with Gasteiger partial charge in [-0.25, -0.2) is 0 Å². The molecule has 0 aliphatic rings. The molecule has 0 bridgehead atoms. The molecule has 0 atom stereocenters. The fourth-order valence-corrected chi connectivity index (χ4v) is 12.3. The molecule has 0 spiro atoms. The van der Waals surface area contributed by atoms with E-state index in [1.165, 1.54) is 53.2 Å². The van der Waals surface area contributed by atoms with E-state index >= 15 is 0 Å². The van der Waals surface area contributed by atoms with Crippen molar-refractivity contribution in [3.8, 4) is 33.4 Å². The first-order valence-corrected chi connectivity index (χ1v) is 27.4. The molecular weight excluding hydrogens is 963 g/mol. The minimum absolute atomic E-state index is 1.00. The minimum atomic E-state index is 1.00. The van der Waals surface area contributed by atoms with Crippen LogP contribution in [0.4, 0.5) is 51.2 Å². The van der Waals surface area contributed by atoms with Gasteiger partial charge in [-0.15, -0.1) is 11.3 Å². The molecule has 0 aliphatic carbocycles. The summed E-state index contributed by atoms with van der Waals surface area (Å²) in [7, 11) is 0. The Morgan fingerprint density at radius 3 is 1.09 bits per heavy atom. The molecule has 1 heterocycles. The van der Waals surface area contributed by atoms with E-state index in [0.717, 1.165) is 73.1 Å². The summed E-state index contributed by atoms with van der Waals surface area (Å²) in [5.74, 6) is 0. The van der Waals surface area contributed by atoms with Gasteiger partial charge in [-0.3, -0.25) is 0 Å². The molecule has 0 saturated carbocycles. The molecule has 3 nitrogen and oxygen atoms in total. The summed E-state index contributed by atoms with van der Waals surface area (Å²) in [6.45, 7) is 0. The summed E-state index contributed by atoms with van der Waals surface area (Å²) in [4.78, 5) is 7.28. The second-order valence-corrected chi connectivity index (χ2v) is 20.8. The van der Waals surface area contributed by atoms with Gasteiger partial charge in [0.15, 0.2) is 0 Å². The van der Waals surface area contributed by atoms with Crippen LogP contribution in [0.15, 0.2) is 309 Å². The number of benzene rings is 13. The highest BCUT2D eigenvalue weighted by atomic mass is 32.1. The molecule has 0 radical (unpaired) electrons. The summed E-state index contributed by atoms with van der Waals surface area (Å²) in [5.41, 5.74) is 16.5. The molecule has 4 heteroatoms. The van der Waals surface area contributed by atoms with Crippen LogP contribution < -0.4 is 14.7 Å². The molecule has 0 N–H and O–H groups in total. The monoisotopic (exact) mass is 1010 g/mol. The normalized spacial score (nSPS) is 11.3. The molecule has 0 fully saturated rings. The molecule has 0 saturated heterocycles. The van der Waals surface area contributed by atoms with Crippen molar-refractivity contribution in [3.05, 3.63) is 309 Å². The summed E-state index contributed by atoms with van der Waals surface area (Å²) in [6, 6.07) is 113. The van der Waals surface area contributed by atoms with Crippen molar-refractivity contribution in [1.82, 2.24) is 0 Å². The molecule has 368 valence electrons. The van der Waals surface area contributed by atoms with Crippen LogP contribution in [-0.4, -0.2) is 0 Å². The fourth-order valence-electron chi connectivity index (χ4n) is 11.2. The number of anilines is 9. The Bertz CT molecular complexity index is 4290. The van der Waals surface area contributed by atoms with Crippen molar-refractivity contribution in [2.45, 2.75) is 0 Å². The number of hydrogen-bond donors (Lipinski definition) is 0. The number of fused-ring (bicyclic) bond motifs is 5. The van der Waals surface area contributed by atoms with Gasteiger partial charge in [0.05, 0.1) is 28.4 Å². The predicted molar refractivity (Wildman–Crippen MR) is 335 cm³/mol. The number of thiophene rings is 1. The zero-order valence-corrected chi connectivity index (χ0v) is 43.5. The van der Waals surface area contributed by atoms with Gasteiger partial charge in [-0.1, -0.05) is 206 Å². The third-order valence-corrected chi connectivity index (χ3v) is 16.1. The van der Waals surface area contributed by atoms with E-state index in [1.54, 1.807) is 0 Å². The highest BCUT2D eigenvalue weighted by Crippen LogP contribution is 2.49. The summed E-state index contributed by atoms with van der Waals surface area (Å²) in [6.07, 6.45) is 0. The number of para-hydroxylation sites is 2. The molecule has 0 amide bonds. The first-order valence-electron chi connectivity index (χ1n) is 26.6. The molecule has 14 rings (SSSR count). The first-order chi connectivity index (χ1) is 38.7. The Labute approximate surface area is 459 Å². The van der Waals surface area contributed by atoms with E-state index < -0.39 is 0 Å². The molecule has 14 aromatic rings. The van der Waals surface area contributed by atoms with Gasteiger partial charge in [0.25, 0.3) is 0 Å². The van der Waals surface area contributed by atoms with E-state index in [0.29, 0.717) is 0 Å². The lowest BCUT2D eigenvalue weighted by atomic mass is 9.98. The fraction of sp³-hybridized carbons (Fsp3) is 0. The van der Waals surface area contributed by atoms with Crippen molar-refractivity contribution in [3.63, 3.8) is 0 Å². The second kappa shape index (κ2) is 20.3. The SMILES string of the molecule is c1ccc(-c2cccc(-c3ccc(N(c4ccc(-c5ccc6sc7ccccc7c6c5)cc4)c4cc(N(c5ccccc5)c5cccc6ccccc56)cc(N(c5ccccc5)c5cccc6ccccc56)c4)cc3)c2)cc1. The number of nitrogens with zero attached hydrogens (tertiary/aromatic N) is 3. The van der Waals surface area contributed by atoms with Gasteiger partial charge in [-0.05, 0) is 147 Å². The van der Waals surface area contributed by atoms with Gasteiger partial charge < -0.3 is 14.7 Å². The van der Waals surface area contributed by atoms with E-state index in [9.17, 15) is 0 Å². The van der Waals surface area contributed by atoms with Gasteiger partial charge in [-0.2, -0.15) is 0 Å². The topological polar surface area (TPSA) is 9.72 Å². The molecule has 78 heavy (non-hydrogen) atoms. The van der Waals surface area contributed by atoms with Crippen molar-refractivity contribution < 1.29 is 0 Å². The van der Waals surface area contributed by atoms with Crippen LogP contribution >= 0.6 is 11.3 Å². The zero-order valence-electron chi connectivity index (χ0n) is 42.7. The summed E-state index contributed by atoms with van der Waals surface area (Å²) in [5, 5.41) is 7.28. The van der Waals surface area contributed by atoms with Crippen molar-refractivity contribution in [1.29, 1.82) is 0 Å². The molecular formula is C74H51N3S. The maximum absolute atomic E-state index is 2.43. The van der Waals surface area contributed by atoms with Crippen molar-refractivity contribution in [2.75, 3.05) is 14.7 Å². The largest absolute Gasteiger partial charge is 0.310 e. The lowest BCUT2D eigenvalue weighted by molar-refractivity contribution is 1.23. The maximum Gasteiger partial charge on any atom is 0.0540 e. The van der Waals surface area contributed by atoms with Gasteiger partial charge in [0.1, 0.15) is 0 Å². The first kappa shape index (κ1) is 46.5. The Balaban J connectivity index is 0.998. The standard InChI is InChI=1S/C74H51N3S/c1-4-19-52(20-5-1)57-25-16-26-58(47-57)53-37-42-62(43-38-53)75(63-44-39-54(40-45-63)59-41-46-74-70(48-59)69-33-14-15-36-73(69)78-74)64-49-65(76(60-27-6-2-7-28-60)71-34-17-23-55-21-10-12-31-67(55)71)51-66(50-64)77(61-29-8-3-9-30-61)72-35-18-24-56-22-11-13-32-68(56)72/h1-51H. The Kier molecular flexibility index (Phi) is 12.1. The molecule has 13 aromatic carbocycles. The minimum Gasteiger partial charge on any atom is -0.310 e. The number of rotatable bonds is 12. The van der Waals surface area contributed by atoms with Crippen LogP contribution in [0.5, 0.6) is 0 Å². The van der Waals surface area contributed by atoms with Crippen LogP contribution in [0.25, 0.3) is 75.1 Å². The highest BCUT2D eigenvalue weighted by Gasteiger charge is 2.24. The Morgan fingerprint density at radius 1 is 0.192 bits per heavy atom. The van der Waals surface area contributed by atoms with Crippen LogP contribution in [0, 0.1) is 0 Å². The maximum atomic E-state index is 2.43. The second-order valence-electron chi connectivity index (χ2n) is 19.7. The van der Waals surface area contributed by atoms with Gasteiger partial charge in [0.2, 0.25) is 0 Å². The van der Waals surface area contributed by atoms with Crippen molar-refractivity contribution >= 4 is 104 Å². The summed E-state index contributed by atoms with van der Waals surface area (Å²) < 4.78 is 2.61. The van der Waals surface area contributed by atoms with Crippen LogP contribution in [0.3, 0.4) is 0 Å². The molecule has 0 aliphatic heterocycles. The average Bonchev–Trinajstić information content (AvgIpc) is 3.93. The van der Waals surface area contributed by atoms with E-state index in [2.05, 4.69) is 324 Å². The van der Waals surface area contributed by atoms with Gasteiger partial charge in [0, 0.05) is 53.7 Å². The quantitative estimate of drug-likeness (QED) is 0.121. The third kappa shape index (κ3) is 8.80. The predicted octanol–water partition coefficient (Wildman–Crippen LogP) is 21.8. The van der Waals surface area contributed by atoms with Crippen LogP contribution in [0.1, 0.15) is 0 Å². The third-order valence-electron chi connectivity index (χ3n) is 15.0. The van der Waals surface area contributed by atoms with E-state index in [1.807, 2.05) is 11.3 Å². The lowest BCUT2D eigenvalue weighted by Gasteiger charge is -2.33. The van der Waals surface area contributed by atoms with E-state index in [4.69, 9.17) is 0 Å². The average molecular weight is 1010 g/mol. The van der Waals surface area contributed by atoms with Crippen LogP contribution in [-0.2, 0) is 0 Å².